The SMILES string of the molecule is CC(C(=O)NC1CCN(CC2(c3ccccc3F)CCCC2)CC1)N1CCCC1=O. The summed E-state index contributed by atoms with van der Waals surface area (Å²) in [7, 11) is 0. The number of nitrogens with zero attached hydrogens (tertiary/aromatic N) is 2. The highest BCUT2D eigenvalue weighted by atomic mass is 19.1. The molecule has 1 aromatic rings. The van der Waals surface area contributed by atoms with Crippen molar-refractivity contribution < 1.29 is 14.0 Å². The molecule has 2 saturated heterocycles. The average Bonchev–Trinajstić information content (AvgIpc) is 3.39. The third-order valence-electron chi connectivity index (χ3n) is 7.42. The normalized spacial score (nSPS) is 23.7. The molecule has 3 aliphatic rings. The third kappa shape index (κ3) is 4.39. The van der Waals surface area contributed by atoms with Crippen molar-refractivity contribution in [1.82, 2.24) is 15.1 Å². The quantitative estimate of drug-likeness (QED) is 0.776. The first-order chi connectivity index (χ1) is 14.5. The maximum atomic E-state index is 14.6. The van der Waals surface area contributed by atoms with Crippen LogP contribution < -0.4 is 5.32 Å². The average molecular weight is 416 g/mol. The van der Waals surface area contributed by atoms with Gasteiger partial charge in [-0.15, -0.1) is 0 Å². The fourth-order valence-corrected chi connectivity index (χ4v) is 5.66. The summed E-state index contributed by atoms with van der Waals surface area (Å²) >= 11 is 0. The molecule has 2 amide bonds. The molecule has 30 heavy (non-hydrogen) atoms. The Bertz CT molecular complexity index is 769. The Labute approximate surface area is 179 Å². The van der Waals surface area contributed by atoms with Gasteiger partial charge < -0.3 is 15.1 Å². The molecular weight excluding hydrogens is 381 g/mol. The first-order valence-corrected chi connectivity index (χ1v) is 11.6. The number of carbonyl (C=O) groups is 2. The summed E-state index contributed by atoms with van der Waals surface area (Å²) in [6, 6.07) is 7.04. The molecule has 0 bridgehead atoms. The van der Waals surface area contributed by atoms with E-state index in [2.05, 4.69) is 10.2 Å². The van der Waals surface area contributed by atoms with Crippen LogP contribution in [-0.4, -0.2) is 59.9 Å². The highest BCUT2D eigenvalue weighted by molar-refractivity contribution is 5.88. The summed E-state index contributed by atoms with van der Waals surface area (Å²) in [6.45, 7) is 5.24. The number of hydrogen-bond donors (Lipinski definition) is 1. The van der Waals surface area contributed by atoms with Gasteiger partial charge in [-0.25, -0.2) is 4.39 Å². The molecule has 0 aromatic heterocycles. The zero-order chi connectivity index (χ0) is 21.1. The molecular formula is C24H34FN3O2. The van der Waals surface area contributed by atoms with E-state index in [-0.39, 0.29) is 35.1 Å². The van der Waals surface area contributed by atoms with Gasteiger partial charge in [-0.3, -0.25) is 9.59 Å². The first kappa shape index (κ1) is 21.3. The highest BCUT2D eigenvalue weighted by Gasteiger charge is 2.40. The summed E-state index contributed by atoms with van der Waals surface area (Å²) in [4.78, 5) is 28.7. The van der Waals surface area contributed by atoms with E-state index in [0.717, 1.165) is 70.1 Å². The van der Waals surface area contributed by atoms with E-state index in [4.69, 9.17) is 0 Å². The lowest BCUT2D eigenvalue weighted by Gasteiger charge is -2.40. The van der Waals surface area contributed by atoms with E-state index in [0.29, 0.717) is 13.0 Å². The number of carbonyl (C=O) groups excluding carboxylic acids is 2. The van der Waals surface area contributed by atoms with Crippen LogP contribution in [-0.2, 0) is 15.0 Å². The molecule has 4 rings (SSSR count). The highest BCUT2D eigenvalue weighted by Crippen LogP contribution is 2.43. The van der Waals surface area contributed by atoms with Gasteiger partial charge in [-0.05, 0) is 50.7 Å². The second kappa shape index (κ2) is 9.04. The minimum Gasteiger partial charge on any atom is -0.351 e. The van der Waals surface area contributed by atoms with Crippen molar-refractivity contribution in [1.29, 1.82) is 0 Å². The molecule has 2 aliphatic heterocycles. The van der Waals surface area contributed by atoms with Gasteiger partial charge in [0, 0.05) is 44.1 Å². The molecule has 5 nitrogen and oxygen atoms in total. The Kier molecular flexibility index (Phi) is 6.42. The Morgan fingerprint density at radius 2 is 1.87 bits per heavy atom. The summed E-state index contributed by atoms with van der Waals surface area (Å²) < 4.78 is 14.6. The second-order valence-corrected chi connectivity index (χ2v) is 9.39. The molecule has 6 heteroatoms. The van der Waals surface area contributed by atoms with E-state index < -0.39 is 0 Å². The number of amides is 2. The predicted molar refractivity (Wildman–Crippen MR) is 115 cm³/mol. The number of rotatable bonds is 6. The van der Waals surface area contributed by atoms with Crippen molar-refractivity contribution in [2.75, 3.05) is 26.2 Å². The standard InChI is InChI=1S/C24H34FN3O2/c1-18(28-14-6-9-22(28)29)23(30)26-19-10-15-27(16-11-19)17-24(12-4-5-13-24)20-7-2-3-8-21(20)25/h2-3,7-8,18-19H,4-6,9-17H2,1H3,(H,26,30). The lowest BCUT2D eigenvalue weighted by molar-refractivity contribution is -0.137. The minimum absolute atomic E-state index is 0.0395. The number of piperidine rings is 1. The molecule has 164 valence electrons. The van der Waals surface area contributed by atoms with Crippen molar-refractivity contribution in [3.05, 3.63) is 35.6 Å². The minimum atomic E-state index is -0.388. The summed E-state index contributed by atoms with van der Waals surface area (Å²) in [6.07, 6.45) is 7.62. The smallest absolute Gasteiger partial charge is 0.242 e. The molecule has 0 radical (unpaired) electrons. The summed E-state index contributed by atoms with van der Waals surface area (Å²) in [5.74, 6) is -0.0307. The van der Waals surface area contributed by atoms with Gasteiger partial charge in [-0.1, -0.05) is 31.0 Å². The maximum Gasteiger partial charge on any atom is 0.242 e. The Balaban J connectivity index is 1.31. The Morgan fingerprint density at radius 1 is 1.17 bits per heavy atom. The van der Waals surface area contributed by atoms with E-state index in [1.807, 2.05) is 19.1 Å². The first-order valence-electron chi connectivity index (χ1n) is 11.6. The van der Waals surface area contributed by atoms with Crippen LogP contribution >= 0.6 is 0 Å². The maximum absolute atomic E-state index is 14.6. The lowest BCUT2D eigenvalue weighted by atomic mass is 9.77. The molecule has 1 saturated carbocycles. The largest absolute Gasteiger partial charge is 0.351 e. The molecule has 1 N–H and O–H groups in total. The fourth-order valence-electron chi connectivity index (χ4n) is 5.66. The van der Waals surface area contributed by atoms with Crippen LogP contribution in [0.5, 0.6) is 0 Å². The topological polar surface area (TPSA) is 52.7 Å². The zero-order valence-corrected chi connectivity index (χ0v) is 18.0. The van der Waals surface area contributed by atoms with Crippen molar-refractivity contribution in [2.45, 2.75) is 75.8 Å². The molecule has 0 spiro atoms. The van der Waals surface area contributed by atoms with E-state index in [1.54, 1.807) is 17.0 Å². The van der Waals surface area contributed by atoms with Gasteiger partial charge in [0.1, 0.15) is 11.9 Å². The molecule has 3 fully saturated rings. The monoisotopic (exact) mass is 415 g/mol. The number of nitrogens with one attached hydrogen (secondary N) is 1. The van der Waals surface area contributed by atoms with Crippen LogP contribution in [0.15, 0.2) is 24.3 Å². The number of likely N-dealkylation sites (tertiary alicyclic amines) is 2. The summed E-state index contributed by atoms with van der Waals surface area (Å²) in [5, 5.41) is 3.16. The van der Waals surface area contributed by atoms with Crippen molar-refractivity contribution in [3.8, 4) is 0 Å². The van der Waals surface area contributed by atoms with Crippen LogP contribution in [0.2, 0.25) is 0 Å². The van der Waals surface area contributed by atoms with Crippen LogP contribution in [0.3, 0.4) is 0 Å². The van der Waals surface area contributed by atoms with Gasteiger partial charge in [0.15, 0.2) is 0 Å². The Morgan fingerprint density at radius 3 is 2.50 bits per heavy atom. The predicted octanol–water partition coefficient (Wildman–Crippen LogP) is 3.23. The number of benzene rings is 1. The fraction of sp³-hybridized carbons (Fsp3) is 0.667. The number of hydrogen-bond acceptors (Lipinski definition) is 3. The van der Waals surface area contributed by atoms with Crippen LogP contribution in [0, 0.1) is 5.82 Å². The summed E-state index contributed by atoms with van der Waals surface area (Å²) in [5.41, 5.74) is 0.800. The third-order valence-corrected chi connectivity index (χ3v) is 7.42. The zero-order valence-electron chi connectivity index (χ0n) is 18.0. The van der Waals surface area contributed by atoms with Crippen LogP contribution in [0.25, 0.3) is 0 Å². The second-order valence-electron chi connectivity index (χ2n) is 9.39. The molecule has 1 atom stereocenters. The van der Waals surface area contributed by atoms with Crippen molar-refractivity contribution in [2.24, 2.45) is 0 Å². The van der Waals surface area contributed by atoms with Gasteiger partial charge in [0.25, 0.3) is 0 Å². The van der Waals surface area contributed by atoms with E-state index in [1.165, 1.54) is 0 Å². The molecule has 2 heterocycles. The molecule has 1 unspecified atom stereocenters. The lowest BCUT2D eigenvalue weighted by Crippen LogP contribution is -2.52. The van der Waals surface area contributed by atoms with Crippen LogP contribution in [0.1, 0.15) is 63.9 Å². The van der Waals surface area contributed by atoms with Crippen LogP contribution in [0.4, 0.5) is 4.39 Å². The van der Waals surface area contributed by atoms with Gasteiger partial charge in [0.2, 0.25) is 11.8 Å². The van der Waals surface area contributed by atoms with Crippen molar-refractivity contribution >= 4 is 11.8 Å². The van der Waals surface area contributed by atoms with E-state index in [9.17, 15) is 14.0 Å². The molecule has 1 aromatic carbocycles. The Hall–Kier alpha value is -1.95. The van der Waals surface area contributed by atoms with Gasteiger partial charge in [-0.2, -0.15) is 0 Å². The van der Waals surface area contributed by atoms with E-state index >= 15 is 0 Å². The number of halogens is 1. The van der Waals surface area contributed by atoms with Gasteiger partial charge in [0.05, 0.1) is 0 Å². The molecule has 1 aliphatic carbocycles. The van der Waals surface area contributed by atoms with Crippen molar-refractivity contribution in [3.63, 3.8) is 0 Å². The van der Waals surface area contributed by atoms with Gasteiger partial charge >= 0.3 is 0 Å².